The first-order chi connectivity index (χ1) is 12.0. The maximum Gasteiger partial charge on any atom is 0.256 e. The Morgan fingerprint density at radius 3 is 2.64 bits per heavy atom. The number of likely N-dealkylation sites (tertiary alicyclic amines) is 1. The van der Waals surface area contributed by atoms with Crippen molar-refractivity contribution in [2.45, 2.75) is 45.4 Å². The lowest BCUT2D eigenvalue weighted by atomic mass is 10.1. The van der Waals surface area contributed by atoms with E-state index >= 15 is 0 Å². The highest BCUT2D eigenvalue weighted by Gasteiger charge is 2.33. The number of rotatable bonds is 8. The minimum Gasteiger partial charge on any atom is -0.289 e. The van der Waals surface area contributed by atoms with E-state index in [-0.39, 0.29) is 24.7 Å². The zero-order chi connectivity index (χ0) is 18.2. The van der Waals surface area contributed by atoms with E-state index in [9.17, 15) is 14.4 Å². The van der Waals surface area contributed by atoms with Gasteiger partial charge in [0.1, 0.15) is 0 Å². The van der Waals surface area contributed by atoms with Crippen LogP contribution in [0.1, 0.15) is 49.7 Å². The molecule has 0 unspecified atom stereocenters. The van der Waals surface area contributed by atoms with Crippen LogP contribution >= 0.6 is 0 Å². The fourth-order valence-electron chi connectivity index (χ4n) is 2.86. The van der Waals surface area contributed by atoms with Crippen LogP contribution in [0.3, 0.4) is 0 Å². The summed E-state index contributed by atoms with van der Waals surface area (Å²) in [5.41, 5.74) is 4.17. The third-order valence-corrected chi connectivity index (χ3v) is 4.34. The van der Waals surface area contributed by atoms with Crippen LogP contribution in [0.2, 0.25) is 0 Å². The van der Waals surface area contributed by atoms with E-state index in [0.29, 0.717) is 18.5 Å². The number of amides is 3. The lowest BCUT2D eigenvalue weighted by Gasteiger charge is -2.13. The molecule has 0 radical (unpaired) electrons. The lowest BCUT2D eigenvalue weighted by Crippen LogP contribution is -2.30. The Bertz CT molecular complexity index is 682. The second kappa shape index (κ2) is 9.13. The van der Waals surface area contributed by atoms with Crippen molar-refractivity contribution in [2.75, 3.05) is 6.54 Å². The van der Waals surface area contributed by atoms with Gasteiger partial charge in [-0.2, -0.15) is 0 Å². The molecule has 1 aliphatic rings. The summed E-state index contributed by atoms with van der Waals surface area (Å²) in [7, 11) is 0. The van der Waals surface area contributed by atoms with Crippen molar-refractivity contribution < 1.29 is 19.6 Å². The molecule has 1 saturated heterocycles. The largest absolute Gasteiger partial charge is 0.289 e. The third kappa shape index (κ3) is 5.26. The van der Waals surface area contributed by atoms with Crippen molar-refractivity contribution in [3.8, 4) is 0 Å². The smallest absolute Gasteiger partial charge is 0.256 e. The molecule has 2 rings (SSSR count). The van der Waals surface area contributed by atoms with Crippen LogP contribution in [-0.4, -0.2) is 34.4 Å². The Morgan fingerprint density at radius 1 is 1.20 bits per heavy atom. The molecule has 25 heavy (non-hydrogen) atoms. The summed E-state index contributed by atoms with van der Waals surface area (Å²) in [6.45, 7) is 2.39. The molecule has 0 saturated carbocycles. The summed E-state index contributed by atoms with van der Waals surface area (Å²) >= 11 is 0. The summed E-state index contributed by atoms with van der Waals surface area (Å²) in [6.07, 6.45) is 5.28. The zero-order valence-corrected chi connectivity index (χ0v) is 14.5. The van der Waals surface area contributed by atoms with Gasteiger partial charge in [-0.3, -0.25) is 24.5 Å². The molecular formula is C19H24N2O4. The minimum absolute atomic E-state index is 0.149. The molecule has 1 aromatic carbocycles. The van der Waals surface area contributed by atoms with E-state index in [1.807, 2.05) is 37.3 Å². The van der Waals surface area contributed by atoms with Crippen molar-refractivity contribution >= 4 is 23.8 Å². The standard InChI is InChI=1S/C19H24N2O4/c1-14-8-5-6-9-15(14)12-16-13-18(23)21(19(16)24)11-7-3-2-4-10-17(22)20-25/h5-6,8-9,12,25H,2-4,7,10-11,13H2,1H3,(H,20,22). The van der Waals surface area contributed by atoms with Gasteiger partial charge in [-0.05, 0) is 37.0 Å². The molecule has 0 spiro atoms. The zero-order valence-electron chi connectivity index (χ0n) is 14.5. The Morgan fingerprint density at radius 2 is 1.92 bits per heavy atom. The van der Waals surface area contributed by atoms with Gasteiger partial charge in [0.2, 0.25) is 11.8 Å². The van der Waals surface area contributed by atoms with E-state index in [0.717, 1.165) is 30.4 Å². The maximum absolute atomic E-state index is 12.4. The van der Waals surface area contributed by atoms with Crippen LogP contribution in [0.25, 0.3) is 6.08 Å². The highest BCUT2D eigenvalue weighted by Crippen LogP contribution is 2.23. The van der Waals surface area contributed by atoms with Gasteiger partial charge in [-0.1, -0.05) is 37.1 Å². The Hall–Kier alpha value is -2.47. The number of benzene rings is 1. The van der Waals surface area contributed by atoms with Gasteiger partial charge in [-0.25, -0.2) is 5.48 Å². The van der Waals surface area contributed by atoms with Crippen molar-refractivity contribution in [2.24, 2.45) is 0 Å². The molecule has 1 aromatic rings. The van der Waals surface area contributed by atoms with Crippen LogP contribution in [0.4, 0.5) is 0 Å². The molecule has 3 amide bonds. The number of hydrogen-bond donors (Lipinski definition) is 2. The summed E-state index contributed by atoms with van der Waals surface area (Å²) in [5.74, 6) is -0.742. The number of nitrogens with zero attached hydrogens (tertiary/aromatic N) is 1. The first-order valence-corrected chi connectivity index (χ1v) is 8.56. The molecular weight excluding hydrogens is 320 g/mol. The molecule has 6 nitrogen and oxygen atoms in total. The van der Waals surface area contributed by atoms with Crippen LogP contribution in [0.5, 0.6) is 0 Å². The van der Waals surface area contributed by atoms with E-state index in [1.54, 1.807) is 5.48 Å². The molecule has 134 valence electrons. The topological polar surface area (TPSA) is 86.7 Å². The number of nitrogens with one attached hydrogen (secondary N) is 1. The summed E-state index contributed by atoms with van der Waals surface area (Å²) in [4.78, 5) is 36.7. The van der Waals surface area contributed by atoms with Gasteiger partial charge in [0.15, 0.2) is 0 Å². The fraction of sp³-hybridized carbons (Fsp3) is 0.421. The maximum atomic E-state index is 12.4. The van der Waals surface area contributed by atoms with Gasteiger partial charge >= 0.3 is 0 Å². The predicted octanol–water partition coefficient (Wildman–Crippen LogP) is 2.59. The monoisotopic (exact) mass is 344 g/mol. The van der Waals surface area contributed by atoms with E-state index in [4.69, 9.17) is 5.21 Å². The van der Waals surface area contributed by atoms with E-state index in [2.05, 4.69) is 0 Å². The summed E-state index contributed by atoms with van der Waals surface area (Å²) in [5, 5.41) is 8.40. The van der Waals surface area contributed by atoms with Gasteiger partial charge in [0.05, 0.1) is 6.42 Å². The molecule has 0 aromatic heterocycles. The molecule has 1 heterocycles. The van der Waals surface area contributed by atoms with Crippen LogP contribution in [0, 0.1) is 6.92 Å². The number of carbonyl (C=O) groups is 3. The Kier molecular flexibility index (Phi) is 6.89. The molecule has 0 aliphatic carbocycles. The second-order valence-electron chi connectivity index (χ2n) is 6.25. The normalized spacial score (nSPS) is 15.9. The summed E-state index contributed by atoms with van der Waals surface area (Å²) < 4.78 is 0. The molecule has 1 aliphatic heterocycles. The van der Waals surface area contributed by atoms with Gasteiger partial charge < -0.3 is 0 Å². The fourth-order valence-corrected chi connectivity index (χ4v) is 2.86. The molecule has 2 N–H and O–H groups in total. The number of aryl methyl sites for hydroxylation is 1. The second-order valence-corrected chi connectivity index (χ2v) is 6.25. The number of hydrogen-bond acceptors (Lipinski definition) is 4. The number of carbonyl (C=O) groups excluding carboxylic acids is 3. The average Bonchev–Trinajstić information content (AvgIpc) is 2.86. The number of hydroxylamine groups is 1. The van der Waals surface area contributed by atoms with Crippen molar-refractivity contribution in [1.82, 2.24) is 10.4 Å². The first kappa shape index (κ1) is 18.9. The average molecular weight is 344 g/mol. The van der Waals surface area contributed by atoms with Crippen LogP contribution < -0.4 is 5.48 Å². The van der Waals surface area contributed by atoms with Gasteiger partial charge in [0, 0.05) is 18.5 Å². The van der Waals surface area contributed by atoms with Crippen molar-refractivity contribution in [1.29, 1.82) is 0 Å². The highest BCUT2D eigenvalue weighted by molar-refractivity contribution is 6.15. The molecule has 6 heteroatoms. The number of unbranched alkanes of at least 4 members (excludes halogenated alkanes) is 3. The van der Waals surface area contributed by atoms with E-state index in [1.165, 1.54) is 4.90 Å². The quantitative estimate of drug-likeness (QED) is 0.249. The highest BCUT2D eigenvalue weighted by atomic mass is 16.5. The molecule has 0 bridgehead atoms. The third-order valence-electron chi connectivity index (χ3n) is 4.34. The Balaban J connectivity index is 1.83. The lowest BCUT2D eigenvalue weighted by molar-refractivity contribution is -0.137. The van der Waals surface area contributed by atoms with Crippen molar-refractivity contribution in [3.05, 3.63) is 41.0 Å². The number of imide groups is 1. The molecule has 0 atom stereocenters. The predicted molar refractivity (Wildman–Crippen MR) is 93.5 cm³/mol. The Labute approximate surface area is 147 Å². The summed E-state index contributed by atoms with van der Waals surface area (Å²) in [6, 6.07) is 7.76. The van der Waals surface area contributed by atoms with Gasteiger partial charge in [0.25, 0.3) is 5.91 Å². The van der Waals surface area contributed by atoms with Crippen molar-refractivity contribution in [3.63, 3.8) is 0 Å². The van der Waals surface area contributed by atoms with Gasteiger partial charge in [-0.15, -0.1) is 0 Å². The SMILES string of the molecule is Cc1ccccc1C=C1CC(=O)N(CCCCCCC(=O)NO)C1=O. The van der Waals surface area contributed by atoms with Crippen LogP contribution in [-0.2, 0) is 14.4 Å². The minimum atomic E-state index is -0.393. The van der Waals surface area contributed by atoms with Crippen LogP contribution in [0.15, 0.2) is 29.8 Å². The first-order valence-electron chi connectivity index (χ1n) is 8.56. The van der Waals surface area contributed by atoms with E-state index < -0.39 is 5.91 Å². The molecule has 1 fully saturated rings.